The fourth-order valence-electron chi connectivity index (χ4n) is 1.30. The first-order chi connectivity index (χ1) is 6.91. The van der Waals surface area contributed by atoms with Gasteiger partial charge in [0.1, 0.15) is 0 Å². The van der Waals surface area contributed by atoms with Gasteiger partial charge in [0.2, 0.25) is 0 Å². The standard InChI is InChI=1S/C9H14F3NO2/c10-9(11,12)7(8(14)15)5-13-4-3-6-1-2-6/h6-7,13H,1-5H2,(H,14,15). The van der Waals surface area contributed by atoms with Crippen LogP contribution in [-0.2, 0) is 4.79 Å². The Balaban J connectivity index is 2.21. The molecule has 1 saturated carbocycles. The molecular formula is C9H14F3NO2. The van der Waals surface area contributed by atoms with Crippen molar-refractivity contribution in [2.45, 2.75) is 25.4 Å². The van der Waals surface area contributed by atoms with Gasteiger partial charge in [-0.2, -0.15) is 13.2 Å². The van der Waals surface area contributed by atoms with Crippen LogP contribution < -0.4 is 5.32 Å². The summed E-state index contributed by atoms with van der Waals surface area (Å²) in [5, 5.41) is 10.9. The van der Waals surface area contributed by atoms with Gasteiger partial charge in [-0.15, -0.1) is 0 Å². The summed E-state index contributed by atoms with van der Waals surface area (Å²) >= 11 is 0. The average molecular weight is 225 g/mol. The van der Waals surface area contributed by atoms with E-state index in [9.17, 15) is 18.0 Å². The van der Waals surface area contributed by atoms with Gasteiger partial charge in [0.15, 0.2) is 5.92 Å². The van der Waals surface area contributed by atoms with E-state index in [0.29, 0.717) is 12.5 Å². The van der Waals surface area contributed by atoms with Crippen molar-refractivity contribution in [3.05, 3.63) is 0 Å². The summed E-state index contributed by atoms with van der Waals surface area (Å²) in [5.74, 6) is -3.48. The summed E-state index contributed by atoms with van der Waals surface area (Å²) in [5.41, 5.74) is 0. The highest BCUT2D eigenvalue weighted by Crippen LogP contribution is 2.31. The van der Waals surface area contributed by atoms with E-state index in [1.807, 2.05) is 0 Å². The Labute approximate surface area is 85.7 Å². The van der Waals surface area contributed by atoms with Gasteiger partial charge in [0.05, 0.1) is 0 Å². The molecule has 0 bridgehead atoms. The van der Waals surface area contributed by atoms with Crippen LogP contribution in [0, 0.1) is 11.8 Å². The van der Waals surface area contributed by atoms with Gasteiger partial charge in [-0.05, 0) is 18.9 Å². The lowest BCUT2D eigenvalue weighted by molar-refractivity contribution is -0.192. The van der Waals surface area contributed by atoms with Crippen LogP contribution in [0.1, 0.15) is 19.3 Å². The number of aliphatic carboxylic acids is 1. The molecule has 0 aromatic rings. The van der Waals surface area contributed by atoms with Gasteiger partial charge < -0.3 is 10.4 Å². The van der Waals surface area contributed by atoms with Crippen molar-refractivity contribution in [3.8, 4) is 0 Å². The molecule has 0 aromatic carbocycles. The van der Waals surface area contributed by atoms with Crippen LogP contribution in [0.15, 0.2) is 0 Å². The van der Waals surface area contributed by atoms with E-state index in [0.717, 1.165) is 19.3 Å². The van der Waals surface area contributed by atoms with E-state index >= 15 is 0 Å². The summed E-state index contributed by atoms with van der Waals surface area (Å²) in [6.07, 6.45) is -1.55. The molecule has 1 rings (SSSR count). The maximum atomic E-state index is 12.1. The second-order valence-electron chi connectivity index (χ2n) is 3.87. The molecule has 15 heavy (non-hydrogen) atoms. The average Bonchev–Trinajstić information content (AvgIpc) is 2.84. The minimum Gasteiger partial charge on any atom is -0.481 e. The third kappa shape index (κ3) is 4.51. The zero-order valence-corrected chi connectivity index (χ0v) is 8.18. The lowest BCUT2D eigenvalue weighted by atomic mass is 10.1. The second kappa shape index (κ2) is 4.83. The fourth-order valence-corrected chi connectivity index (χ4v) is 1.30. The van der Waals surface area contributed by atoms with Crippen LogP contribution in [0.3, 0.4) is 0 Å². The molecule has 1 aliphatic rings. The number of halogens is 3. The largest absolute Gasteiger partial charge is 0.481 e. The Morgan fingerprint density at radius 2 is 2.07 bits per heavy atom. The van der Waals surface area contributed by atoms with Crippen molar-refractivity contribution in [2.24, 2.45) is 11.8 Å². The predicted octanol–water partition coefficient (Wildman–Crippen LogP) is 1.64. The van der Waals surface area contributed by atoms with Crippen molar-refractivity contribution < 1.29 is 23.1 Å². The van der Waals surface area contributed by atoms with Crippen LogP contribution in [0.25, 0.3) is 0 Å². The molecule has 88 valence electrons. The molecule has 3 nitrogen and oxygen atoms in total. The quantitative estimate of drug-likeness (QED) is 0.675. The molecule has 6 heteroatoms. The smallest absolute Gasteiger partial charge is 0.403 e. The maximum absolute atomic E-state index is 12.1. The number of hydrogen-bond donors (Lipinski definition) is 2. The van der Waals surface area contributed by atoms with E-state index < -0.39 is 24.6 Å². The minimum atomic E-state index is -4.67. The summed E-state index contributed by atoms with van der Waals surface area (Å²) < 4.78 is 36.4. The van der Waals surface area contributed by atoms with Crippen LogP contribution in [-0.4, -0.2) is 30.3 Å². The molecule has 1 atom stereocenters. The summed E-state index contributed by atoms with van der Waals surface area (Å²) in [6.45, 7) is -0.0733. The van der Waals surface area contributed by atoms with Crippen molar-refractivity contribution in [2.75, 3.05) is 13.1 Å². The highest BCUT2D eigenvalue weighted by atomic mass is 19.4. The third-order valence-corrected chi connectivity index (χ3v) is 2.47. The van der Waals surface area contributed by atoms with E-state index in [1.165, 1.54) is 0 Å². The number of rotatable bonds is 6. The lowest BCUT2D eigenvalue weighted by Crippen LogP contribution is -2.39. The van der Waals surface area contributed by atoms with E-state index in [4.69, 9.17) is 5.11 Å². The van der Waals surface area contributed by atoms with Crippen molar-refractivity contribution in [1.82, 2.24) is 5.32 Å². The Kier molecular flexibility index (Phi) is 3.96. The first-order valence-electron chi connectivity index (χ1n) is 4.91. The van der Waals surface area contributed by atoms with Gasteiger partial charge in [-0.25, -0.2) is 0 Å². The zero-order chi connectivity index (χ0) is 11.5. The van der Waals surface area contributed by atoms with Crippen LogP contribution in [0.5, 0.6) is 0 Å². The number of carboxylic acids is 1. The highest BCUT2D eigenvalue weighted by molar-refractivity contribution is 5.71. The molecule has 0 saturated heterocycles. The van der Waals surface area contributed by atoms with Gasteiger partial charge in [-0.1, -0.05) is 12.8 Å². The molecule has 1 fully saturated rings. The molecule has 1 unspecified atom stereocenters. The van der Waals surface area contributed by atoms with Gasteiger partial charge in [-0.3, -0.25) is 4.79 Å². The molecule has 0 amide bonds. The Hall–Kier alpha value is -0.780. The molecular weight excluding hydrogens is 211 g/mol. The Morgan fingerprint density at radius 1 is 1.47 bits per heavy atom. The Bertz CT molecular complexity index is 226. The molecule has 0 aromatic heterocycles. The Morgan fingerprint density at radius 3 is 2.47 bits per heavy atom. The first-order valence-corrected chi connectivity index (χ1v) is 4.91. The monoisotopic (exact) mass is 225 g/mol. The summed E-state index contributed by atoms with van der Waals surface area (Å²) in [7, 11) is 0. The molecule has 0 aliphatic heterocycles. The van der Waals surface area contributed by atoms with E-state index in [2.05, 4.69) is 5.32 Å². The van der Waals surface area contributed by atoms with Crippen LogP contribution in [0.2, 0.25) is 0 Å². The van der Waals surface area contributed by atoms with Gasteiger partial charge >= 0.3 is 12.1 Å². The molecule has 0 radical (unpaired) electrons. The van der Waals surface area contributed by atoms with E-state index in [1.54, 1.807) is 0 Å². The van der Waals surface area contributed by atoms with Crippen LogP contribution >= 0.6 is 0 Å². The van der Waals surface area contributed by atoms with Crippen LogP contribution in [0.4, 0.5) is 13.2 Å². The third-order valence-electron chi connectivity index (χ3n) is 2.47. The number of alkyl halides is 3. The number of carboxylic acid groups (broad SMARTS) is 1. The molecule has 2 N–H and O–H groups in total. The first kappa shape index (κ1) is 12.3. The summed E-state index contributed by atoms with van der Waals surface area (Å²) in [4.78, 5) is 10.3. The molecule has 1 aliphatic carbocycles. The van der Waals surface area contributed by atoms with Crippen molar-refractivity contribution in [1.29, 1.82) is 0 Å². The SMILES string of the molecule is O=C(O)C(CNCCC1CC1)C(F)(F)F. The zero-order valence-electron chi connectivity index (χ0n) is 8.18. The number of nitrogens with one attached hydrogen (secondary N) is 1. The topological polar surface area (TPSA) is 49.3 Å². The number of carbonyl (C=O) groups is 1. The highest BCUT2D eigenvalue weighted by Gasteiger charge is 2.44. The van der Waals surface area contributed by atoms with Gasteiger partial charge in [0.25, 0.3) is 0 Å². The second-order valence-corrected chi connectivity index (χ2v) is 3.87. The molecule has 0 spiro atoms. The summed E-state index contributed by atoms with van der Waals surface area (Å²) in [6, 6.07) is 0. The van der Waals surface area contributed by atoms with E-state index in [-0.39, 0.29) is 0 Å². The predicted molar refractivity (Wildman–Crippen MR) is 47.4 cm³/mol. The van der Waals surface area contributed by atoms with Crippen molar-refractivity contribution in [3.63, 3.8) is 0 Å². The lowest BCUT2D eigenvalue weighted by Gasteiger charge is -2.16. The van der Waals surface area contributed by atoms with Gasteiger partial charge in [0, 0.05) is 6.54 Å². The molecule has 0 heterocycles. The maximum Gasteiger partial charge on any atom is 0.403 e. The normalized spacial score (nSPS) is 18.9. The fraction of sp³-hybridized carbons (Fsp3) is 0.889. The van der Waals surface area contributed by atoms with Crippen molar-refractivity contribution >= 4 is 5.97 Å². The minimum absolute atomic E-state index is 0.463. The number of hydrogen-bond acceptors (Lipinski definition) is 2.